The number of carbonyl (C=O) groups excluding carboxylic acids is 1. The van der Waals surface area contributed by atoms with Gasteiger partial charge in [0.2, 0.25) is 0 Å². The van der Waals surface area contributed by atoms with Crippen LogP contribution in [0.4, 0.5) is 5.69 Å². The first-order valence-corrected chi connectivity index (χ1v) is 8.33. The van der Waals surface area contributed by atoms with Gasteiger partial charge in [-0.05, 0) is 30.7 Å². The Balaban J connectivity index is 0.00000208. The summed E-state index contributed by atoms with van der Waals surface area (Å²) in [6.07, 6.45) is 0. The van der Waals surface area contributed by atoms with Crippen LogP contribution in [0.3, 0.4) is 0 Å². The Morgan fingerprint density at radius 2 is 1.71 bits per heavy atom. The van der Waals surface area contributed by atoms with Crippen LogP contribution in [0.5, 0.6) is 0 Å². The number of piperazine rings is 1. The van der Waals surface area contributed by atoms with Crippen molar-refractivity contribution in [1.82, 2.24) is 4.90 Å². The SMILES string of the molecule is C.CC(=O)c1ccc(N2CCN(Cc3ccccc3)CC2)cc1Cl. The average molecular weight is 345 g/mol. The van der Waals surface area contributed by atoms with Crippen molar-refractivity contribution in [2.45, 2.75) is 20.9 Å². The number of carbonyl (C=O) groups is 1. The molecule has 0 bridgehead atoms. The van der Waals surface area contributed by atoms with Crippen LogP contribution in [0.2, 0.25) is 5.02 Å². The summed E-state index contributed by atoms with van der Waals surface area (Å²) in [7, 11) is 0. The minimum atomic E-state index is 0. The number of ketones is 1. The summed E-state index contributed by atoms with van der Waals surface area (Å²) >= 11 is 6.22. The fourth-order valence-electron chi connectivity index (χ4n) is 2.99. The molecule has 4 heteroatoms. The highest BCUT2D eigenvalue weighted by atomic mass is 35.5. The number of hydrogen-bond donors (Lipinski definition) is 0. The van der Waals surface area contributed by atoms with Gasteiger partial charge in [0, 0.05) is 44.0 Å². The summed E-state index contributed by atoms with van der Waals surface area (Å²) in [5.74, 6) is 0.00855. The predicted molar refractivity (Wildman–Crippen MR) is 102 cm³/mol. The van der Waals surface area contributed by atoms with Gasteiger partial charge in [-0.3, -0.25) is 9.69 Å². The maximum absolute atomic E-state index is 11.5. The van der Waals surface area contributed by atoms with Crippen LogP contribution >= 0.6 is 11.6 Å². The van der Waals surface area contributed by atoms with E-state index in [2.05, 4.69) is 40.1 Å². The van der Waals surface area contributed by atoms with E-state index in [0.29, 0.717) is 10.6 Å². The smallest absolute Gasteiger partial charge is 0.161 e. The van der Waals surface area contributed by atoms with Crippen molar-refractivity contribution in [3.05, 3.63) is 64.7 Å². The lowest BCUT2D eigenvalue weighted by atomic mass is 10.1. The van der Waals surface area contributed by atoms with Crippen LogP contribution in [0.1, 0.15) is 30.3 Å². The van der Waals surface area contributed by atoms with E-state index in [0.717, 1.165) is 38.4 Å². The quantitative estimate of drug-likeness (QED) is 0.763. The molecule has 3 nitrogen and oxygen atoms in total. The highest BCUT2D eigenvalue weighted by molar-refractivity contribution is 6.34. The second-order valence-electron chi connectivity index (χ2n) is 5.97. The second-order valence-corrected chi connectivity index (χ2v) is 6.38. The van der Waals surface area contributed by atoms with E-state index < -0.39 is 0 Å². The Bertz CT molecular complexity index is 679. The van der Waals surface area contributed by atoms with Gasteiger partial charge in [0.1, 0.15) is 0 Å². The van der Waals surface area contributed by atoms with Crippen LogP contribution in [0, 0.1) is 0 Å². The zero-order valence-electron chi connectivity index (χ0n) is 13.3. The Morgan fingerprint density at radius 1 is 1.04 bits per heavy atom. The third-order valence-electron chi connectivity index (χ3n) is 4.32. The molecular formula is C20H25ClN2O. The number of hydrogen-bond acceptors (Lipinski definition) is 3. The fourth-order valence-corrected chi connectivity index (χ4v) is 3.30. The molecule has 24 heavy (non-hydrogen) atoms. The molecule has 2 aromatic carbocycles. The van der Waals surface area contributed by atoms with Crippen molar-refractivity contribution in [3.8, 4) is 0 Å². The number of anilines is 1. The summed E-state index contributed by atoms with van der Waals surface area (Å²) < 4.78 is 0. The van der Waals surface area contributed by atoms with Crippen molar-refractivity contribution in [1.29, 1.82) is 0 Å². The molecule has 128 valence electrons. The van der Waals surface area contributed by atoms with Gasteiger partial charge in [0.15, 0.2) is 5.78 Å². The maximum Gasteiger partial charge on any atom is 0.161 e. The standard InChI is InChI=1S/C19H21ClN2O.CH4/c1-15(23)18-8-7-17(13-19(18)20)22-11-9-21(10-12-22)14-16-5-3-2-4-6-16;/h2-8,13H,9-12,14H2,1H3;1H4. The predicted octanol–water partition coefficient (Wildman–Crippen LogP) is 4.50. The molecular weight excluding hydrogens is 320 g/mol. The monoisotopic (exact) mass is 344 g/mol. The van der Waals surface area contributed by atoms with E-state index in [4.69, 9.17) is 11.6 Å². The second kappa shape index (κ2) is 8.32. The minimum absolute atomic E-state index is 0. The summed E-state index contributed by atoms with van der Waals surface area (Å²) in [5.41, 5.74) is 3.05. The number of nitrogens with zero attached hydrogens (tertiary/aromatic N) is 2. The minimum Gasteiger partial charge on any atom is -0.369 e. The molecule has 0 N–H and O–H groups in total. The van der Waals surface area contributed by atoms with Crippen LogP contribution in [-0.4, -0.2) is 36.9 Å². The van der Waals surface area contributed by atoms with Crippen molar-refractivity contribution >= 4 is 23.1 Å². The maximum atomic E-state index is 11.5. The van der Waals surface area contributed by atoms with Gasteiger partial charge in [-0.2, -0.15) is 0 Å². The molecule has 1 aliphatic rings. The molecule has 0 amide bonds. The van der Waals surface area contributed by atoms with Crippen LogP contribution in [0.15, 0.2) is 48.5 Å². The topological polar surface area (TPSA) is 23.6 Å². The van der Waals surface area contributed by atoms with E-state index in [-0.39, 0.29) is 13.2 Å². The first-order valence-electron chi connectivity index (χ1n) is 7.95. The Labute approximate surface area is 149 Å². The van der Waals surface area contributed by atoms with Crippen LogP contribution in [0.25, 0.3) is 0 Å². The van der Waals surface area contributed by atoms with Gasteiger partial charge in [-0.1, -0.05) is 49.4 Å². The summed E-state index contributed by atoms with van der Waals surface area (Å²) in [5, 5.41) is 0.543. The Kier molecular flexibility index (Phi) is 6.41. The zero-order chi connectivity index (χ0) is 16.2. The molecule has 1 saturated heterocycles. The van der Waals surface area contributed by atoms with Gasteiger partial charge in [0.05, 0.1) is 5.02 Å². The molecule has 0 radical (unpaired) electrons. The van der Waals surface area contributed by atoms with Crippen molar-refractivity contribution < 1.29 is 4.79 Å². The van der Waals surface area contributed by atoms with Crippen molar-refractivity contribution in [2.24, 2.45) is 0 Å². The zero-order valence-corrected chi connectivity index (χ0v) is 14.1. The third kappa shape index (κ3) is 4.37. The van der Waals surface area contributed by atoms with Gasteiger partial charge in [0.25, 0.3) is 0 Å². The Hall–Kier alpha value is -1.84. The lowest BCUT2D eigenvalue weighted by molar-refractivity contribution is 0.101. The van der Waals surface area contributed by atoms with E-state index in [1.807, 2.05) is 18.2 Å². The molecule has 1 aliphatic heterocycles. The normalized spacial score (nSPS) is 15.0. The molecule has 3 rings (SSSR count). The summed E-state index contributed by atoms with van der Waals surface area (Å²) in [4.78, 5) is 16.3. The van der Waals surface area contributed by atoms with E-state index in [1.165, 1.54) is 5.56 Å². The van der Waals surface area contributed by atoms with Gasteiger partial charge < -0.3 is 4.90 Å². The van der Waals surface area contributed by atoms with Crippen LogP contribution in [-0.2, 0) is 6.54 Å². The van der Waals surface area contributed by atoms with Crippen molar-refractivity contribution in [2.75, 3.05) is 31.1 Å². The first-order chi connectivity index (χ1) is 11.1. The average Bonchev–Trinajstić information content (AvgIpc) is 2.56. The fraction of sp³-hybridized carbons (Fsp3) is 0.350. The lowest BCUT2D eigenvalue weighted by Crippen LogP contribution is -2.45. The molecule has 1 heterocycles. The summed E-state index contributed by atoms with van der Waals surface area (Å²) in [6, 6.07) is 16.3. The van der Waals surface area contributed by atoms with E-state index in [1.54, 1.807) is 6.92 Å². The number of rotatable bonds is 4. The van der Waals surface area contributed by atoms with Crippen molar-refractivity contribution in [3.63, 3.8) is 0 Å². The molecule has 0 aromatic heterocycles. The molecule has 0 aliphatic carbocycles. The first kappa shape index (κ1) is 18.5. The molecule has 2 aromatic rings. The van der Waals surface area contributed by atoms with Crippen LogP contribution < -0.4 is 4.90 Å². The number of halogens is 1. The molecule has 0 unspecified atom stereocenters. The number of Topliss-reactive ketones (excluding diaryl/α,β-unsaturated/α-hetero) is 1. The molecule has 0 spiro atoms. The lowest BCUT2D eigenvalue weighted by Gasteiger charge is -2.36. The summed E-state index contributed by atoms with van der Waals surface area (Å²) in [6.45, 7) is 6.55. The van der Waals surface area contributed by atoms with E-state index in [9.17, 15) is 4.79 Å². The molecule has 0 saturated carbocycles. The van der Waals surface area contributed by atoms with Gasteiger partial charge >= 0.3 is 0 Å². The van der Waals surface area contributed by atoms with Gasteiger partial charge in [-0.15, -0.1) is 0 Å². The molecule has 1 fully saturated rings. The molecule has 0 atom stereocenters. The van der Waals surface area contributed by atoms with E-state index >= 15 is 0 Å². The highest BCUT2D eigenvalue weighted by Gasteiger charge is 2.18. The third-order valence-corrected chi connectivity index (χ3v) is 4.63. The van der Waals surface area contributed by atoms with Gasteiger partial charge in [-0.25, -0.2) is 0 Å². The Morgan fingerprint density at radius 3 is 2.29 bits per heavy atom. The number of benzene rings is 2. The highest BCUT2D eigenvalue weighted by Crippen LogP contribution is 2.25. The largest absolute Gasteiger partial charge is 0.369 e.